The summed E-state index contributed by atoms with van der Waals surface area (Å²) < 4.78 is 1.99. The van der Waals surface area contributed by atoms with E-state index >= 15 is 0 Å². The summed E-state index contributed by atoms with van der Waals surface area (Å²) in [5.41, 5.74) is 4.63. The molecule has 0 aliphatic heterocycles. The molecule has 1 aromatic carbocycles. The number of aryl methyl sites for hydroxylation is 1. The van der Waals surface area contributed by atoms with Crippen LogP contribution in [0.3, 0.4) is 0 Å². The lowest BCUT2D eigenvalue weighted by Gasteiger charge is -2.09. The lowest BCUT2D eigenvalue weighted by Crippen LogP contribution is -1.95. The van der Waals surface area contributed by atoms with E-state index in [2.05, 4.69) is 4.98 Å². The molecule has 0 spiro atoms. The topological polar surface area (TPSA) is 34.4 Å². The largest absolute Gasteiger partial charge is 0.300 e. The zero-order valence-electron chi connectivity index (χ0n) is 10.00. The molecule has 0 bridgehead atoms. The molecule has 3 heteroatoms. The Morgan fingerprint density at radius 1 is 1.22 bits per heavy atom. The molecule has 3 aromatic rings. The highest BCUT2D eigenvalue weighted by Crippen LogP contribution is 2.24. The highest BCUT2D eigenvalue weighted by atomic mass is 16.1. The van der Waals surface area contributed by atoms with Crippen molar-refractivity contribution in [3.63, 3.8) is 0 Å². The number of carbonyl (C=O) groups is 1. The number of carbonyl (C=O) groups excluding carboxylic acids is 1. The third-order valence-corrected chi connectivity index (χ3v) is 3.04. The van der Waals surface area contributed by atoms with Gasteiger partial charge in [-0.3, -0.25) is 9.20 Å². The molecule has 0 atom stereocenters. The van der Waals surface area contributed by atoms with E-state index in [1.54, 1.807) is 6.20 Å². The number of hydrogen-bond acceptors (Lipinski definition) is 2. The summed E-state index contributed by atoms with van der Waals surface area (Å²) in [5, 5.41) is 0. The molecule has 2 aromatic heterocycles. The lowest BCUT2D eigenvalue weighted by atomic mass is 10.0. The minimum atomic E-state index is 0.696. The first-order valence-corrected chi connectivity index (χ1v) is 5.78. The lowest BCUT2D eigenvalue weighted by molar-refractivity contribution is 0.112. The fourth-order valence-electron chi connectivity index (χ4n) is 2.16. The second kappa shape index (κ2) is 4.11. The van der Waals surface area contributed by atoms with Gasteiger partial charge in [-0.2, -0.15) is 0 Å². The van der Waals surface area contributed by atoms with Crippen LogP contribution in [0.1, 0.15) is 15.9 Å². The van der Waals surface area contributed by atoms with Crippen molar-refractivity contribution in [2.45, 2.75) is 6.92 Å². The molecule has 0 saturated carbocycles. The van der Waals surface area contributed by atoms with Crippen LogP contribution in [0.15, 0.2) is 48.8 Å². The van der Waals surface area contributed by atoms with Gasteiger partial charge in [-0.05, 0) is 25.1 Å². The first-order valence-electron chi connectivity index (χ1n) is 5.78. The second-order valence-electron chi connectivity index (χ2n) is 4.28. The molecule has 0 amide bonds. The van der Waals surface area contributed by atoms with Crippen molar-refractivity contribution in [2.24, 2.45) is 0 Å². The van der Waals surface area contributed by atoms with Crippen LogP contribution in [-0.4, -0.2) is 15.7 Å². The van der Waals surface area contributed by atoms with Crippen LogP contribution < -0.4 is 0 Å². The van der Waals surface area contributed by atoms with Gasteiger partial charge in [0, 0.05) is 23.5 Å². The number of fused-ring (bicyclic) bond motifs is 1. The van der Waals surface area contributed by atoms with Gasteiger partial charge >= 0.3 is 0 Å². The van der Waals surface area contributed by atoms with E-state index in [4.69, 9.17) is 0 Å². The number of aromatic nitrogens is 2. The van der Waals surface area contributed by atoms with E-state index in [0.29, 0.717) is 5.56 Å². The molecular weight excluding hydrogens is 224 g/mol. The third-order valence-electron chi connectivity index (χ3n) is 3.04. The molecule has 0 radical (unpaired) electrons. The van der Waals surface area contributed by atoms with Crippen molar-refractivity contribution in [3.8, 4) is 11.3 Å². The number of pyridine rings is 1. The Balaban J connectivity index is 2.35. The molecule has 0 aliphatic carbocycles. The SMILES string of the molecule is Cc1ccc(C=O)c(-c2cccc3nccn23)c1. The Morgan fingerprint density at radius 2 is 2.11 bits per heavy atom. The Kier molecular flexibility index (Phi) is 2.45. The van der Waals surface area contributed by atoms with Crippen LogP contribution in [0.4, 0.5) is 0 Å². The molecule has 0 N–H and O–H groups in total. The predicted molar refractivity (Wildman–Crippen MR) is 70.8 cm³/mol. The van der Waals surface area contributed by atoms with E-state index in [1.165, 1.54) is 0 Å². The first kappa shape index (κ1) is 10.7. The number of hydrogen-bond donors (Lipinski definition) is 0. The van der Waals surface area contributed by atoms with Gasteiger partial charge in [-0.15, -0.1) is 0 Å². The molecule has 3 rings (SSSR count). The number of benzene rings is 1. The number of aldehydes is 1. The summed E-state index contributed by atoms with van der Waals surface area (Å²) in [4.78, 5) is 15.4. The van der Waals surface area contributed by atoms with Crippen molar-refractivity contribution in [3.05, 3.63) is 59.9 Å². The fourth-order valence-corrected chi connectivity index (χ4v) is 2.16. The normalized spacial score (nSPS) is 10.7. The van der Waals surface area contributed by atoms with Crippen LogP contribution in [0.5, 0.6) is 0 Å². The highest BCUT2D eigenvalue weighted by molar-refractivity contribution is 5.87. The van der Waals surface area contributed by atoms with Crippen LogP contribution in [0.25, 0.3) is 16.9 Å². The van der Waals surface area contributed by atoms with E-state index in [1.807, 2.05) is 53.9 Å². The van der Waals surface area contributed by atoms with Gasteiger partial charge < -0.3 is 0 Å². The molecule has 3 nitrogen and oxygen atoms in total. The van der Waals surface area contributed by atoms with Gasteiger partial charge in [0.2, 0.25) is 0 Å². The summed E-state index contributed by atoms with van der Waals surface area (Å²) in [6, 6.07) is 11.7. The Bertz CT molecular complexity index is 728. The predicted octanol–water partition coefficient (Wildman–Crippen LogP) is 3.12. The van der Waals surface area contributed by atoms with Crippen molar-refractivity contribution >= 4 is 11.9 Å². The zero-order valence-corrected chi connectivity index (χ0v) is 10.00. The molecule has 0 saturated heterocycles. The number of rotatable bonds is 2. The molecular formula is C15H12N2O. The van der Waals surface area contributed by atoms with Crippen molar-refractivity contribution in [2.75, 3.05) is 0 Å². The molecule has 0 unspecified atom stereocenters. The molecule has 88 valence electrons. The van der Waals surface area contributed by atoms with Crippen LogP contribution in [0, 0.1) is 6.92 Å². The van der Waals surface area contributed by atoms with E-state index in [9.17, 15) is 4.79 Å². The van der Waals surface area contributed by atoms with Gasteiger partial charge in [-0.1, -0.05) is 23.8 Å². The summed E-state index contributed by atoms with van der Waals surface area (Å²) in [6.45, 7) is 2.02. The molecule has 0 fully saturated rings. The summed E-state index contributed by atoms with van der Waals surface area (Å²) in [7, 11) is 0. The monoisotopic (exact) mass is 236 g/mol. The second-order valence-corrected chi connectivity index (χ2v) is 4.28. The average molecular weight is 236 g/mol. The van der Waals surface area contributed by atoms with Crippen LogP contribution >= 0.6 is 0 Å². The number of nitrogens with zero attached hydrogens (tertiary/aromatic N) is 2. The van der Waals surface area contributed by atoms with Crippen molar-refractivity contribution in [1.29, 1.82) is 0 Å². The molecule has 0 aliphatic rings. The molecule has 18 heavy (non-hydrogen) atoms. The van der Waals surface area contributed by atoms with Crippen molar-refractivity contribution < 1.29 is 4.79 Å². The smallest absolute Gasteiger partial charge is 0.150 e. The Morgan fingerprint density at radius 3 is 2.94 bits per heavy atom. The minimum absolute atomic E-state index is 0.696. The fraction of sp³-hybridized carbons (Fsp3) is 0.0667. The zero-order chi connectivity index (χ0) is 12.5. The number of imidazole rings is 1. The highest BCUT2D eigenvalue weighted by Gasteiger charge is 2.08. The average Bonchev–Trinajstić information content (AvgIpc) is 2.86. The third kappa shape index (κ3) is 1.61. The van der Waals surface area contributed by atoms with Crippen LogP contribution in [0.2, 0.25) is 0 Å². The van der Waals surface area contributed by atoms with Gasteiger partial charge in [-0.25, -0.2) is 4.98 Å². The van der Waals surface area contributed by atoms with Gasteiger partial charge in [0.1, 0.15) is 5.65 Å². The quantitative estimate of drug-likeness (QED) is 0.641. The van der Waals surface area contributed by atoms with E-state index in [0.717, 1.165) is 28.8 Å². The van der Waals surface area contributed by atoms with Crippen molar-refractivity contribution in [1.82, 2.24) is 9.38 Å². The Hall–Kier alpha value is -2.42. The van der Waals surface area contributed by atoms with Gasteiger partial charge in [0.25, 0.3) is 0 Å². The Labute approximate surface area is 105 Å². The maximum absolute atomic E-state index is 11.2. The maximum atomic E-state index is 11.2. The van der Waals surface area contributed by atoms with Crippen LogP contribution in [-0.2, 0) is 0 Å². The standard InChI is InChI=1S/C15H12N2O/c1-11-5-6-12(10-18)13(9-11)14-3-2-4-15-16-7-8-17(14)15/h2-10H,1H3. The van der Waals surface area contributed by atoms with E-state index in [-0.39, 0.29) is 0 Å². The minimum Gasteiger partial charge on any atom is -0.300 e. The summed E-state index contributed by atoms with van der Waals surface area (Å²) >= 11 is 0. The summed E-state index contributed by atoms with van der Waals surface area (Å²) in [5.74, 6) is 0. The van der Waals surface area contributed by atoms with Gasteiger partial charge in [0.15, 0.2) is 6.29 Å². The summed E-state index contributed by atoms with van der Waals surface area (Å²) in [6.07, 6.45) is 4.56. The van der Waals surface area contributed by atoms with E-state index < -0.39 is 0 Å². The first-order chi connectivity index (χ1) is 8.79. The molecule has 2 heterocycles. The maximum Gasteiger partial charge on any atom is 0.150 e. The van der Waals surface area contributed by atoms with Gasteiger partial charge in [0.05, 0.1) is 5.69 Å².